The second kappa shape index (κ2) is 5.97. The van der Waals surface area contributed by atoms with E-state index in [2.05, 4.69) is 4.90 Å². The molecule has 2 rings (SSSR count). The third kappa shape index (κ3) is 3.41. The van der Waals surface area contributed by atoms with Gasteiger partial charge in [-0.3, -0.25) is 10.1 Å². The highest BCUT2D eigenvalue weighted by molar-refractivity contribution is 5.37. The molecule has 1 unspecified atom stereocenters. The maximum atomic E-state index is 13.4. The van der Waals surface area contributed by atoms with Crippen LogP contribution in [0.1, 0.15) is 19.3 Å². The second-order valence-corrected chi connectivity index (χ2v) is 4.81. The van der Waals surface area contributed by atoms with Gasteiger partial charge >= 0.3 is 5.69 Å². The molecule has 6 heteroatoms. The maximum absolute atomic E-state index is 13.4. The van der Waals surface area contributed by atoms with Crippen LogP contribution in [0.15, 0.2) is 18.2 Å². The van der Waals surface area contributed by atoms with Gasteiger partial charge in [0.05, 0.1) is 4.92 Å². The third-order valence-electron chi connectivity index (χ3n) is 3.48. The fraction of sp³-hybridized carbons (Fsp3) is 0.538. The molecule has 19 heavy (non-hydrogen) atoms. The van der Waals surface area contributed by atoms with Gasteiger partial charge in [0.25, 0.3) is 0 Å². The van der Waals surface area contributed by atoms with Gasteiger partial charge in [0, 0.05) is 18.2 Å². The zero-order valence-electron chi connectivity index (χ0n) is 10.8. The molecule has 1 saturated heterocycles. The Bertz CT molecular complexity index is 467. The zero-order chi connectivity index (χ0) is 13.8. The molecule has 1 aliphatic rings. The molecular formula is C13H17FN2O3. The van der Waals surface area contributed by atoms with E-state index >= 15 is 0 Å². The van der Waals surface area contributed by atoms with Crippen molar-refractivity contribution in [3.8, 4) is 5.75 Å². The Balaban J connectivity index is 1.96. The molecule has 1 aliphatic heterocycles. The predicted octanol–water partition coefficient (Wildman–Crippen LogP) is 2.60. The molecule has 0 radical (unpaired) electrons. The number of likely N-dealkylation sites (tertiary alicyclic amines) is 1. The minimum absolute atomic E-state index is 0.326. The van der Waals surface area contributed by atoms with Gasteiger partial charge in [-0.1, -0.05) is 6.42 Å². The van der Waals surface area contributed by atoms with Crippen LogP contribution in [0.5, 0.6) is 5.75 Å². The molecule has 104 valence electrons. The summed E-state index contributed by atoms with van der Waals surface area (Å²) < 4.78 is 18.9. The van der Waals surface area contributed by atoms with Crippen molar-refractivity contribution in [1.82, 2.24) is 4.90 Å². The van der Waals surface area contributed by atoms with E-state index in [1.165, 1.54) is 18.9 Å². The predicted molar refractivity (Wildman–Crippen MR) is 68.8 cm³/mol. The van der Waals surface area contributed by atoms with E-state index in [4.69, 9.17) is 4.74 Å². The van der Waals surface area contributed by atoms with Gasteiger partial charge in [0.15, 0.2) is 0 Å². The summed E-state index contributed by atoms with van der Waals surface area (Å²) in [6.07, 6.45) is 3.43. The van der Waals surface area contributed by atoms with Gasteiger partial charge in [-0.05, 0) is 32.5 Å². The van der Waals surface area contributed by atoms with Crippen LogP contribution in [-0.4, -0.2) is 36.1 Å². The fourth-order valence-electron chi connectivity index (χ4n) is 2.27. The highest BCUT2D eigenvalue weighted by Crippen LogP contribution is 2.23. The average Bonchev–Trinajstić information content (AvgIpc) is 2.37. The first-order chi connectivity index (χ1) is 9.08. The summed E-state index contributed by atoms with van der Waals surface area (Å²) in [6, 6.07) is 3.97. The van der Waals surface area contributed by atoms with Crippen LogP contribution in [0, 0.1) is 15.9 Å². The first-order valence-electron chi connectivity index (χ1n) is 6.35. The average molecular weight is 268 g/mol. The van der Waals surface area contributed by atoms with Crippen molar-refractivity contribution in [2.45, 2.75) is 25.3 Å². The molecule has 0 bridgehead atoms. The third-order valence-corrected chi connectivity index (χ3v) is 3.48. The van der Waals surface area contributed by atoms with Crippen molar-refractivity contribution < 1.29 is 14.1 Å². The van der Waals surface area contributed by atoms with Crippen molar-refractivity contribution in [1.29, 1.82) is 0 Å². The van der Waals surface area contributed by atoms with E-state index in [-0.39, 0.29) is 0 Å². The van der Waals surface area contributed by atoms with Crippen molar-refractivity contribution in [3.63, 3.8) is 0 Å². The summed E-state index contributed by atoms with van der Waals surface area (Å²) in [5.74, 6) is -0.526. The topological polar surface area (TPSA) is 55.6 Å². The number of hydrogen-bond acceptors (Lipinski definition) is 4. The van der Waals surface area contributed by atoms with Gasteiger partial charge in [-0.2, -0.15) is 4.39 Å². The molecule has 0 amide bonds. The molecule has 0 aliphatic carbocycles. The van der Waals surface area contributed by atoms with Crippen LogP contribution < -0.4 is 4.74 Å². The molecule has 1 fully saturated rings. The van der Waals surface area contributed by atoms with Gasteiger partial charge in [-0.15, -0.1) is 0 Å². The lowest BCUT2D eigenvalue weighted by Crippen LogP contribution is -2.40. The first kappa shape index (κ1) is 13.7. The monoisotopic (exact) mass is 268 g/mol. The van der Waals surface area contributed by atoms with E-state index < -0.39 is 16.4 Å². The summed E-state index contributed by atoms with van der Waals surface area (Å²) >= 11 is 0. The first-order valence-corrected chi connectivity index (χ1v) is 6.35. The Morgan fingerprint density at radius 2 is 2.32 bits per heavy atom. The summed E-state index contributed by atoms with van der Waals surface area (Å²) in [7, 11) is 2.05. The van der Waals surface area contributed by atoms with Gasteiger partial charge in [-0.25, -0.2) is 0 Å². The zero-order valence-corrected chi connectivity index (χ0v) is 10.8. The molecule has 1 aromatic rings. The number of piperidine rings is 1. The Hall–Kier alpha value is -1.69. The lowest BCUT2D eigenvalue weighted by molar-refractivity contribution is -0.387. The number of nitro benzene ring substituents is 1. The molecule has 1 aromatic carbocycles. The summed E-state index contributed by atoms with van der Waals surface area (Å²) in [5.41, 5.74) is -0.526. The molecule has 0 aromatic heterocycles. The minimum atomic E-state index is -0.862. The Morgan fingerprint density at radius 3 is 2.95 bits per heavy atom. The lowest BCUT2D eigenvalue weighted by Gasteiger charge is -2.32. The standard InChI is InChI=1S/C13H17FN2O3/c1-15-7-3-2-4-10(15)9-19-11-5-6-13(16(17)18)12(14)8-11/h5-6,8,10H,2-4,7,9H2,1H3. The normalized spacial score (nSPS) is 20.2. The van der Waals surface area contributed by atoms with Crippen LogP contribution in [-0.2, 0) is 0 Å². The van der Waals surface area contributed by atoms with Crippen LogP contribution in [0.2, 0.25) is 0 Å². The van der Waals surface area contributed by atoms with Crippen LogP contribution in [0.3, 0.4) is 0 Å². The molecular weight excluding hydrogens is 251 g/mol. The largest absolute Gasteiger partial charge is 0.492 e. The fourth-order valence-corrected chi connectivity index (χ4v) is 2.27. The number of halogens is 1. The second-order valence-electron chi connectivity index (χ2n) is 4.81. The van der Waals surface area contributed by atoms with Crippen LogP contribution in [0.4, 0.5) is 10.1 Å². The molecule has 1 atom stereocenters. The number of rotatable bonds is 4. The molecule has 0 saturated carbocycles. The van der Waals surface area contributed by atoms with E-state index in [9.17, 15) is 14.5 Å². The Labute approximate surface area is 111 Å². The van der Waals surface area contributed by atoms with Crippen molar-refractivity contribution in [3.05, 3.63) is 34.1 Å². The summed E-state index contributed by atoms with van der Waals surface area (Å²) in [4.78, 5) is 12.0. The maximum Gasteiger partial charge on any atom is 0.305 e. The molecule has 0 spiro atoms. The Kier molecular flexibility index (Phi) is 4.31. The van der Waals surface area contributed by atoms with Gasteiger partial charge in [0.1, 0.15) is 12.4 Å². The Morgan fingerprint density at radius 1 is 1.53 bits per heavy atom. The number of nitro groups is 1. The van der Waals surface area contributed by atoms with E-state index in [1.54, 1.807) is 0 Å². The van der Waals surface area contributed by atoms with Gasteiger partial charge in [0.2, 0.25) is 5.82 Å². The lowest BCUT2D eigenvalue weighted by atomic mass is 10.0. The summed E-state index contributed by atoms with van der Waals surface area (Å²) in [5, 5.41) is 10.5. The van der Waals surface area contributed by atoms with Crippen molar-refractivity contribution in [2.24, 2.45) is 0 Å². The minimum Gasteiger partial charge on any atom is -0.492 e. The van der Waals surface area contributed by atoms with Gasteiger partial charge < -0.3 is 9.64 Å². The number of ether oxygens (including phenoxy) is 1. The van der Waals surface area contributed by atoms with Crippen molar-refractivity contribution >= 4 is 5.69 Å². The highest BCUT2D eigenvalue weighted by atomic mass is 19.1. The van der Waals surface area contributed by atoms with Crippen LogP contribution in [0.25, 0.3) is 0 Å². The van der Waals surface area contributed by atoms with E-state index in [1.807, 2.05) is 7.05 Å². The highest BCUT2D eigenvalue weighted by Gasteiger charge is 2.20. The SMILES string of the molecule is CN1CCCCC1COc1ccc([N+](=O)[O-])c(F)c1. The smallest absolute Gasteiger partial charge is 0.305 e. The van der Waals surface area contributed by atoms with E-state index in [0.717, 1.165) is 25.1 Å². The van der Waals surface area contributed by atoms with Crippen molar-refractivity contribution in [2.75, 3.05) is 20.2 Å². The quantitative estimate of drug-likeness (QED) is 0.622. The number of nitrogens with zero attached hydrogens (tertiary/aromatic N) is 2. The van der Waals surface area contributed by atoms with Crippen LogP contribution >= 0.6 is 0 Å². The number of likely N-dealkylation sites (N-methyl/N-ethyl adjacent to an activating group) is 1. The number of hydrogen-bond donors (Lipinski definition) is 0. The summed E-state index contributed by atoms with van der Waals surface area (Å²) in [6.45, 7) is 1.52. The van der Waals surface area contributed by atoms with E-state index in [0.29, 0.717) is 18.4 Å². The molecule has 5 nitrogen and oxygen atoms in total. The number of benzene rings is 1. The molecule has 0 N–H and O–H groups in total. The molecule has 1 heterocycles.